The quantitative estimate of drug-likeness (QED) is 0.623. The number of carbonyl (C=O) groups excluding carboxylic acids is 2. The van der Waals surface area contributed by atoms with Crippen molar-refractivity contribution in [2.75, 3.05) is 53.5 Å². The Balaban J connectivity index is 1.58. The van der Waals surface area contributed by atoms with Crippen LogP contribution in [-0.4, -0.2) is 81.1 Å². The van der Waals surface area contributed by atoms with Gasteiger partial charge in [-0.1, -0.05) is 18.6 Å². The molecule has 2 amide bonds. The van der Waals surface area contributed by atoms with E-state index < -0.39 is 6.04 Å². The third-order valence-electron chi connectivity index (χ3n) is 5.88. The Morgan fingerprint density at radius 3 is 2.70 bits per heavy atom. The summed E-state index contributed by atoms with van der Waals surface area (Å²) in [6.45, 7) is 5.47. The molecule has 30 heavy (non-hydrogen) atoms. The molecule has 2 aliphatic rings. The maximum atomic E-state index is 12.5. The van der Waals surface area contributed by atoms with Crippen LogP contribution in [0.5, 0.6) is 11.5 Å². The lowest BCUT2D eigenvalue weighted by molar-refractivity contribution is -0.134. The highest BCUT2D eigenvalue weighted by Gasteiger charge is 2.32. The normalized spacial score (nSPS) is 20.5. The van der Waals surface area contributed by atoms with Gasteiger partial charge in [0.15, 0.2) is 11.5 Å². The van der Waals surface area contributed by atoms with Crippen LogP contribution in [0.4, 0.5) is 0 Å². The number of amides is 2. The number of benzene rings is 1. The first kappa shape index (κ1) is 22.4. The van der Waals surface area contributed by atoms with Gasteiger partial charge in [0, 0.05) is 38.3 Å². The smallest absolute Gasteiger partial charge is 0.237 e. The molecule has 3 rings (SSSR count). The number of hydrogen-bond donors (Lipinski definition) is 2. The number of carbonyl (C=O) groups is 2. The van der Waals surface area contributed by atoms with E-state index in [2.05, 4.69) is 15.5 Å². The van der Waals surface area contributed by atoms with Gasteiger partial charge in [0.2, 0.25) is 11.8 Å². The van der Waals surface area contributed by atoms with Crippen molar-refractivity contribution < 1.29 is 19.1 Å². The zero-order valence-electron chi connectivity index (χ0n) is 18.1. The van der Waals surface area contributed by atoms with E-state index in [0.29, 0.717) is 37.7 Å². The lowest BCUT2D eigenvalue weighted by atomic mass is 10.1. The molecular formula is C22H34N4O4. The van der Waals surface area contributed by atoms with E-state index in [4.69, 9.17) is 9.47 Å². The third-order valence-corrected chi connectivity index (χ3v) is 5.88. The average molecular weight is 419 g/mol. The van der Waals surface area contributed by atoms with E-state index >= 15 is 0 Å². The zero-order chi connectivity index (χ0) is 21.3. The number of para-hydroxylation sites is 1. The maximum Gasteiger partial charge on any atom is 0.237 e. The Labute approximate surface area is 178 Å². The molecule has 2 heterocycles. The van der Waals surface area contributed by atoms with Crippen LogP contribution in [0.15, 0.2) is 18.2 Å². The first-order chi connectivity index (χ1) is 14.6. The second-order valence-corrected chi connectivity index (χ2v) is 7.89. The summed E-state index contributed by atoms with van der Waals surface area (Å²) in [5.41, 5.74) is 0.932. The number of hydrogen-bond acceptors (Lipinski definition) is 6. The molecular weight excluding hydrogens is 384 g/mol. The molecule has 2 N–H and O–H groups in total. The van der Waals surface area contributed by atoms with Crippen molar-refractivity contribution in [3.63, 3.8) is 0 Å². The molecule has 0 saturated carbocycles. The maximum absolute atomic E-state index is 12.5. The Kier molecular flexibility index (Phi) is 8.33. The summed E-state index contributed by atoms with van der Waals surface area (Å²) in [5, 5.41) is 5.88. The number of piperazine rings is 1. The molecule has 0 spiro atoms. The predicted octanol–water partition coefficient (Wildman–Crippen LogP) is 0.996. The number of likely N-dealkylation sites (tertiary alicyclic amines) is 1. The Morgan fingerprint density at radius 2 is 1.97 bits per heavy atom. The van der Waals surface area contributed by atoms with Gasteiger partial charge in [-0.3, -0.25) is 14.5 Å². The molecule has 0 aromatic heterocycles. The number of nitrogens with one attached hydrogen (secondary N) is 2. The lowest BCUT2D eigenvalue weighted by Gasteiger charge is -2.35. The fraction of sp³-hybridized carbons (Fsp3) is 0.636. The van der Waals surface area contributed by atoms with Crippen molar-refractivity contribution in [3.05, 3.63) is 23.8 Å². The summed E-state index contributed by atoms with van der Waals surface area (Å²) in [7, 11) is 3.21. The molecule has 1 atom stereocenters. The number of nitrogens with zero attached hydrogens (tertiary/aromatic N) is 2. The first-order valence-corrected chi connectivity index (χ1v) is 10.8. The van der Waals surface area contributed by atoms with Crippen molar-refractivity contribution in [2.24, 2.45) is 0 Å². The van der Waals surface area contributed by atoms with Gasteiger partial charge in [0.1, 0.15) is 0 Å². The summed E-state index contributed by atoms with van der Waals surface area (Å²) in [4.78, 5) is 29.5. The number of ether oxygens (including phenoxy) is 2. The fourth-order valence-corrected chi connectivity index (χ4v) is 4.25. The topological polar surface area (TPSA) is 83.1 Å². The van der Waals surface area contributed by atoms with Crippen molar-refractivity contribution in [1.82, 2.24) is 20.4 Å². The highest BCUT2D eigenvalue weighted by Crippen LogP contribution is 2.32. The molecule has 0 aliphatic carbocycles. The van der Waals surface area contributed by atoms with Crippen molar-refractivity contribution in [1.29, 1.82) is 0 Å². The highest BCUT2D eigenvalue weighted by atomic mass is 16.5. The van der Waals surface area contributed by atoms with E-state index in [1.54, 1.807) is 14.2 Å². The van der Waals surface area contributed by atoms with Gasteiger partial charge >= 0.3 is 0 Å². The number of rotatable bonds is 9. The van der Waals surface area contributed by atoms with E-state index in [-0.39, 0.29) is 18.2 Å². The molecule has 8 heteroatoms. The van der Waals surface area contributed by atoms with Gasteiger partial charge in [-0.25, -0.2) is 0 Å². The molecule has 0 bridgehead atoms. The number of piperidine rings is 1. The minimum Gasteiger partial charge on any atom is -0.493 e. The van der Waals surface area contributed by atoms with Gasteiger partial charge in [-0.05, 0) is 32.0 Å². The summed E-state index contributed by atoms with van der Waals surface area (Å²) in [6, 6.07) is 5.22. The van der Waals surface area contributed by atoms with Crippen molar-refractivity contribution in [2.45, 2.75) is 38.3 Å². The summed E-state index contributed by atoms with van der Waals surface area (Å²) in [6.07, 6.45) is 3.92. The Bertz CT molecular complexity index is 721. The molecule has 1 aromatic carbocycles. The van der Waals surface area contributed by atoms with Crippen LogP contribution in [0.3, 0.4) is 0 Å². The molecule has 8 nitrogen and oxygen atoms in total. The van der Waals surface area contributed by atoms with E-state index in [1.807, 2.05) is 23.1 Å². The summed E-state index contributed by atoms with van der Waals surface area (Å²) < 4.78 is 10.9. The Hall–Kier alpha value is -2.32. The second kappa shape index (κ2) is 11.2. The fourth-order valence-electron chi connectivity index (χ4n) is 4.25. The second-order valence-electron chi connectivity index (χ2n) is 7.89. The minimum absolute atomic E-state index is 0.0864. The van der Waals surface area contributed by atoms with Gasteiger partial charge < -0.3 is 25.0 Å². The first-order valence-electron chi connectivity index (χ1n) is 10.8. The lowest BCUT2D eigenvalue weighted by Crippen LogP contribution is -2.56. The third kappa shape index (κ3) is 5.86. The van der Waals surface area contributed by atoms with Crippen LogP contribution in [0.1, 0.15) is 31.2 Å². The van der Waals surface area contributed by atoms with Crippen LogP contribution in [0, 0.1) is 0 Å². The average Bonchev–Trinajstić information content (AvgIpc) is 2.76. The standard InChI is InChI=1S/C22H34N4O4/c1-29-19-8-6-7-17(21(19)30-2)16-26-14-10-24-22(28)18(26)15-20(27)23-9-13-25-11-4-3-5-12-25/h6-8,18H,3-5,9-16H2,1-2H3,(H,23,27)(H,24,28). The monoisotopic (exact) mass is 418 g/mol. The van der Waals surface area contributed by atoms with Crippen LogP contribution in [0.2, 0.25) is 0 Å². The van der Waals surface area contributed by atoms with Crippen molar-refractivity contribution >= 4 is 11.8 Å². The molecule has 0 radical (unpaired) electrons. The highest BCUT2D eigenvalue weighted by molar-refractivity contribution is 5.88. The molecule has 2 saturated heterocycles. The molecule has 1 aromatic rings. The molecule has 2 aliphatic heterocycles. The van der Waals surface area contributed by atoms with Crippen LogP contribution in [-0.2, 0) is 16.1 Å². The van der Waals surface area contributed by atoms with Gasteiger partial charge in [0.05, 0.1) is 26.7 Å². The largest absolute Gasteiger partial charge is 0.493 e. The molecule has 166 valence electrons. The Morgan fingerprint density at radius 1 is 1.17 bits per heavy atom. The van der Waals surface area contributed by atoms with Gasteiger partial charge in [-0.2, -0.15) is 0 Å². The number of methoxy groups -OCH3 is 2. The van der Waals surface area contributed by atoms with E-state index in [0.717, 1.165) is 25.2 Å². The van der Waals surface area contributed by atoms with Crippen LogP contribution < -0.4 is 20.1 Å². The van der Waals surface area contributed by atoms with E-state index in [1.165, 1.54) is 19.3 Å². The predicted molar refractivity (Wildman–Crippen MR) is 115 cm³/mol. The van der Waals surface area contributed by atoms with E-state index in [9.17, 15) is 9.59 Å². The molecule has 2 fully saturated rings. The molecule has 1 unspecified atom stereocenters. The summed E-state index contributed by atoms with van der Waals surface area (Å²) >= 11 is 0. The SMILES string of the molecule is COc1cccc(CN2CCNC(=O)C2CC(=O)NCCN2CCCCC2)c1OC. The van der Waals surface area contributed by atoms with Gasteiger partial charge in [0.25, 0.3) is 0 Å². The minimum atomic E-state index is -0.496. The van der Waals surface area contributed by atoms with Gasteiger partial charge in [-0.15, -0.1) is 0 Å². The zero-order valence-corrected chi connectivity index (χ0v) is 18.1. The van der Waals surface area contributed by atoms with Crippen LogP contribution >= 0.6 is 0 Å². The van der Waals surface area contributed by atoms with Crippen LogP contribution in [0.25, 0.3) is 0 Å². The summed E-state index contributed by atoms with van der Waals surface area (Å²) in [5.74, 6) is 1.13. The van der Waals surface area contributed by atoms with Crippen molar-refractivity contribution in [3.8, 4) is 11.5 Å².